The Kier molecular flexibility index (Phi) is 3.23. The van der Waals surface area contributed by atoms with E-state index in [4.69, 9.17) is 5.11 Å². The largest absolute Gasteiger partial charge is 0.508 e. The quantitative estimate of drug-likeness (QED) is 0.520. The van der Waals surface area contributed by atoms with Gasteiger partial charge in [-0.15, -0.1) is 10.2 Å². The number of nitrogens with zero attached hydrogens (tertiary/aromatic N) is 5. The first-order valence-corrected chi connectivity index (χ1v) is 5.38. The highest BCUT2D eigenvalue weighted by molar-refractivity contribution is 5.55. The van der Waals surface area contributed by atoms with Crippen LogP contribution >= 0.6 is 0 Å². The molecule has 0 atom stereocenters. The third-order valence-corrected chi connectivity index (χ3v) is 2.45. The lowest BCUT2D eigenvalue weighted by Crippen LogP contribution is -1.89. The fraction of sp³-hybridized carbons (Fsp3) is 0.182. The number of hydrogen-bond donors (Lipinski definition) is 1. The highest BCUT2D eigenvalue weighted by Crippen LogP contribution is 2.31. The van der Waals surface area contributed by atoms with Crippen molar-refractivity contribution in [2.45, 2.75) is 6.92 Å². The zero-order valence-electron chi connectivity index (χ0n) is 10.3. The Morgan fingerprint density at radius 1 is 1.32 bits per heavy atom. The average molecular weight is 261 g/mol. The minimum atomic E-state index is -0.534. The molecule has 98 valence electrons. The van der Waals surface area contributed by atoms with Crippen molar-refractivity contribution in [1.29, 1.82) is 0 Å². The molecule has 0 amide bonds. The summed E-state index contributed by atoms with van der Waals surface area (Å²) < 4.78 is 1.30. The van der Waals surface area contributed by atoms with Gasteiger partial charge < -0.3 is 5.11 Å². The van der Waals surface area contributed by atoms with Crippen LogP contribution < -0.4 is 0 Å². The van der Waals surface area contributed by atoms with Gasteiger partial charge >= 0.3 is 5.69 Å². The van der Waals surface area contributed by atoms with Crippen LogP contribution in [0.1, 0.15) is 5.69 Å². The molecular weight excluding hydrogens is 250 g/mol. The van der Waals surface area contributed by atoms with E-state index in [2.05, 4.69) is 15.3 Å². The summed E-state index contributed by atoms with van der Waals surface area (Å²) in [6.07, 6.45) is 0. The van der Waals surface area contributed by atoms with Gasteiger partial charge in [0.15, 0.2) is 0 Å². The second-order valence-electron chi connectivity index (χ2n) is 3.85. The van der Waals surface area contributed by atoms with Crippen LogP contribution in [0.5, 0.6) is 5.75 Å². The first kappa shape index (κ1) is 12.7. The summed E-state index contributed by atoms with van der Waals surface area (Å²) in [6.45, 7) is 1.54. The van der Waals surface area contributed by atoms with Gasteiger partial charge in [-0.3, -0.25) is 10.1 Å². The Morgan fingerprint density at radius 3 is 2.53 bits per heavy atom. The number of phenolic OH excluding ortho intramolecular Hbond substituents is 1. The normalized spacial score (nSPS) is 11.1. The summed E-state index contributed by atoms with van der Waals surface area (Å²) in [6, 6.07) is 6.01. The van der Waals surface area contributed by atoms with Crippen LogP contribution in [0.4, 0.5) is 17.2 Å². The molecule has 0 unspecified atom stereocenters. The van der Waals surface area contributed by atoms with E-state index >= 15 is 0 Å². The monoisotopic (exact) mass is 261 g/mol. The summed E-state index contributed by atoms with van der Waals surface area (Å²) >= 11 is 0. The van der Waals surface area contributed by atoms with E-state index in [1.54, 1.807) is 19.2 Å². The van der Waals surface area contributed by atoms with Gasteiger partial charge in [0.2, 0.25) is 0 Å². The van der Waals surface area contributed by atoms with Crippen molar-refractivity contribution in [2.24, 2.45) is 17.3 Å². The number of hydrogen-bond acceptors (Lipinski definition) is 6. The van der Waals surface area contributed by atoms with E-state index in [9.17, 15) is 10.1 Å². The average Bonchev–Trinajstić information content (AvgIpc) is 2.63. The lowest BCUT2D eigenvalue weighted by molar-refractivity contribution is -0.384. The zero-order chi connectivity index (χ0) is 14.0. The Morgan fingerprint density at radius 2 is 1.95 bits per heavy atom. The van der Waals surface area contributed by atoms with Crippen LogP contribution in [0.15, 0.2) is 34.5 Å². The predicted molar refractivity (Wildman–Crippen MR) is 66.9 cm³/mol. The highest BCUT2D eigenvalue weighted by Gasteiger charge is 2.23. The van der Waals surface area contributed by atoms with Crippen LogP contribution in [-0.2, 0) is 7.05 Å². The number of azo groups is 1. The fourth-order valence-corrected chi connectivity index (χ4v) is 1.59. The molecule has 0 aliphatic heterocycles. The molecule has 0 aliphatic carbocycles. The van der Waals surface area contributed by atoms with Crippen molar-refractivity contribution >= 4 is 17.2 Å². The molecule has 1 aromatic heterocycles. The molecule has 1 aromatic carbocycles. The summed E-state index contributed by atoms with van der Waals surface area (Å²) in [7, 11) is 1.56. The lowest BCUT2D eigenvalue weighted by atomic mass is 10.3. The van der Waals surface area contributed by atoms with E-state index in [0.29, 0.717) is 5.69 Å². The molecule has 2 rings (SSSR count). The Balaban J connectivity index is 2.38. The maximum atomic E-state index is 10.9. The zero-order valence-corrected chi connectivity index (χ0v) is 10.3. The molecule has 19 heavy (non-hydrogen) atoms. The smallest absolute Gasteiger partial charge is 0.337 e. The predicted octanol–water partition coefficient (Wildman–Crippen LogP) is 2.76. The van der Waals surface area contributed by atoms with Crippen molar-refractivity contribution in [3.8, 4) is 5.75 Å². The van der Waals surface area contributed by atoms with Crippen LogP contribution in [0, 0.1) is 17.0 Å². The van der Waals surface area contributed by atoms with Crippen LogP contribution in [0.25, 0.3) is 0 Å². The van der Waals surface area contributed by atoms with E-state index in [-0.39, 0.29) is 22.9 Å². The molecule has 0 bridgehead atoms. The Hall–Kier alpha value is -2.77. The van der Waals surface area contributed by atoms with Crippen LogP contribution in [0.2, 0.25) is 0 Å². The fourth-order valence-electron chi connectivity index (χ4n) is 1.59. The van der Waals surface area contributed by atoms with Crippen LogP contribution in [-0.4, -0.2) is 19.8 Å². The van der Waals surface area contributed by atoms with Crippen molar-refractivity contribution in [3.05, 3.63) is 40.1 Å². The maximum Gasteiger partial charge on any atom is 0.337 e. The molecular formula is C11H11N5O3. The molecule has 8 heteroatoms. The third kappa shape index (κ3) is 2.57. The SMILES string of the molecule is Cc1nn(C)c(N=Nc2ccc(O)cc2)c1[N+](=O)[O-]. The molecule has 0 radical (unpaired) electrons. The maximum absolute atomic E-state index is 10.9. The number of rotatable bonds is 3. The molecule has 0 saturated carbocycles. The number of aryl methyl sites for hydroxylation is 2. The summed E-state index contributed by atoms with van der Waals surface area (Å²) in [5, 5.41) is 31.7. The minimum Gasteiger partial charge on any atom is -0.508 e. The van der Waals surface area contributed by atoms with Gasteiger partial charge in [0.25, 0.3) is 5.82 Å². The van der Waals surface area contributed by atoms with Gasteiger partial charge in [0, 0.05) is 7.05 Å². The molecule has 8 nitrogen and oxygen atoms in total. The molecule has 1 heterocycles. The van der Waals surface area contributed by atoms with Crippen LogP contribution in [0.3, 0.4) is 0 Å². The van der Waals surface area contributed by atoms with Gasteiger partial charge in [0.05, 0.1) is 10.6 Å². The topological polar surface area (TPSA) is 106 Å². The second kappa shape index (κ2) is 4.84. The number of aromatic hydroxyl groups is 1. The molecule has 0 spiro atoms. The van der Waals surface area contributed by atoms with Gasteiger partial charge in [-0.2, -0.15) is 5.10 Å². The van der Waals surface area contributed by atoms with Crippen molar-refractivity contribution in [2.75, 3.05) is 0 Å². The number of nitro groups is 1. The molecule has 2 aromatic rings. The van der Waals surface area contributed by atoms with E-state index in [1.807, 2.05) is 0 Å². The second-order valence-corrected chi connectivity index (χ2v) is 3.85. The highest BCUT2D eigenvalue weighted by atomic mass is 16.6. The molecule has 0 saturated heterocycles. The number of benzene rings is 1. The van der Waals surface area contributed by atoms with Gasteiger partial charge in [-0.1, -0.05) is 0 Å². The van der Waals surface area contributed by atoms with Crippen molar-refractivity contribution in [3.63, 3.8) is 0 Å². The summed E-state index contributed by atoms with van der Waals surface area (Å²) in [5.74, 6) is 0.192. The number of aromatic nitrogens is 2. The molecule has 1 N–H and O–H groups in total. The van der Waals surface area contributed by atoms with Gasteiger partial charge in [-0.05, 0) is 31.2 Å². The lowest BCUT2D eigenvalue weighted by Gasteiger charge is -1.94. The minimum absolute atomic E-state index is 0.0792. The van der Waals surface area contributed by atoms with E-state index < -0.39 is 4.92 Å². The standard InChI is InChI=1S/C11H11N5O3/c1-7-10(16(18)19)11(15(2)14-7)13-12-8-3-5-9(17)6-4-8/h3-6,17H,1-2H3. The van der Waals surface area contributed by atoms with E-state index in [0.717, 1.165) is 0 Å². The third-order valence-electron chi connectivity index (χ3n) is 2.45. The molecule has 0 fully saturated rings. The summed E-state index contributed by atoms with van der Waals surface area (Å²) in [4.78, 5) is 10.4. The summed E-state index contributed by atoms with van der Waals surface area (Å²) in [5.41, 5.74) is 0.600. The first-order chi connectivity index (χ1) is 8.99. The first-order valence-electron chi connectivity index (χ1n) is 5.38. The number of phenols is 1. The van der Waals surface area contributed by atoms with Crippen molar-refractivity contribution < 1.29 is 10.0 Å². The molecule has 0 aliphatic rings. The van der Waals surface area contributed by atoms with Gasteiger partial charge in [-0.25, -0.2) is 4.68 Å². The van der Waals surface area contributed by atoms with E-state index in [1.165, 1.54) is 23.7 Å². The van der Waals surface area contributed by atoms with Crippen molar-refractivity contribution in [1.82, 2.24) is 9.78 Å². The van der Waals surface area contributed by atoms with Gasteiger partial charge in [0.1, 0.15) is 11.4 Å². The Labute approximate surface area is 108 Å². The Bertz CT molecular complexity index is 645.